The molecule has 0 aromatic heterocycles. The first-order valence-corrected chi connectivity index (χ1v) is 6.57. The Labute approximate surface area is 126 Å². The lowest BCUT2D eigenvalue weighted by atomic mass is 10.2. The summed E-state index contributed by atoms with van der Waals surface area (Å²) in [5.74, 6) is -0.185. The summed E-state index contributed by atoms with van der Waals surface area (Å²) in [5, 5.41) is 14.0. The first-order valence-electron chi connectivity index (χ1n) is 6.57. The van der Waals surface area contributed by atoms with Gasteiger partial charge in [-0.2, -0.15) is 0 Å². The molecule has 0 spiro atoms. The van der Waals surface area contributed by atoms with Gasteiger partial charge in [-0.15, -0.1) is 0 Å². The van der Waals surface area contributed by atoms with Gasteiger partial charge in [0.2, 0.25) is 0 Å². The minimum Gasteiger partial charge on any atom is -0.494 e. The molecule has 2 aromatic rings. The Balaban J connectivity index is 2.29. The number of rotatable bonds is 6. The highest BCUT2D eigenvalue weighted by Gasteiger charge is 2.15. The molecule has 6 nitrogen and oxygen atoms in total. The minimum absolute atomic E-state index is 0.107. The van der Waals surface area contributed by atoms with Gasteiger partial charge in [-0.3, -0.25) is 10.1 Å². The fraction of sp³-hybridized carbons (Fsp3) is 0.200. The van der Waals surface area contributed by atoms with Gasteiger partial charge in [-0.1, -0.05) is 0 Å². The van der Waals surface area contributed by atoms with E-state index in [4.69, 9.17) is 9.47 Å². The molecule has 0 unspecified atom stereocenters. The second-order valence-corrected chi connectivity index (χ2v) is 4.35. The van der Waals surface area contributed by atoms with Crippen molar-refractivity contribution >= 4 is 17.1 Å². The molecule has 0 amide bonds. The maximum absolute atomic E-state index is 13.4. The normalized spacial score (nSPS) is 10.1. The van der Waals surface area contributed by atoms with Gasteiger partial charge in [-0.05, 0) is 25.1 Å². The minimum atomic E-state index is -0.504. The molecule has 2 aromatic carbocycles. The SMILES string of the molecule is CCOc1cc(Nc2ccc(F)c(OC)c2)ccc1[N+](=O)[O-]. The zero-order valence-electron chi connectivity index (χ0n) is 12.1. The molecule has 0 saturated carbocycles. The van der Waals surface area contributed by atoms with Crippen LogP contribution in [0, 0.1) is 15.9 Å². The lowest BCUT2D eigenvalue weighted by Crippen LogP contribution is -1.99. The average molecular weight is 306 g/mol. The lowest BCUT2D eigenvalue weighted by Gasteiger charge is -2.11. The Bertz CT molecular complexity index is 691. The molecule has 0 aliphatic rings. The standard InChI is InChI=1S/C15H15FN2O4/c1-3-22-15-9-11(5-7-13(15)18(19)20)17-10-4-6-12(16)14(8-10)21-2/h4-9,17H,3H2,1-2H3. The molecule has 0 atom stereocenters. The lowest BCUT2D eigenvalue weighted by molar-refractivity contribution is -0.385. The van der Waals surface area contributed by atoms with Crippen molar-refractivity contribution in [1.82, 2.24) is 0 Å². The van der Waals surface area contributed by atoms with Crippen LogP contribution in [0.3, 0.4) is 0 Å². The number of hydrogen-bond donors (Lipinski definition) is 1. The Kier molecular flexibility index (Phi) is 4.77. The van der Waals surface area contributed by atoms with Crippen LogP contribution in [-0.2, 0) is 0 Å². The molecule has 0 radical (unpaired) electrons. The molecule has 0 heterocycles. The molecule has 0 aliphatic carbocycles. The monoisotopic (exact) mass is 306 g/mol. The second kappa shape index (κ2) is 6.75. The second-order valence-electron chi connectivity index (χ2n) is 4.35. The van der Waals surface area contributed by atoms with Crippen LogP contribution in [0.2, 0.25) is 0 Å². The van der Waals surface area contributed by atoms with Crippen molar-refractivity contribution in [3.8, 4) is 11.5 Å². The summed E-state index contributed by atoms with van der Waals surface area (Å²) in [5.41, 5.74) is 1.07. The van der Waals surface area contributed by atoms with Crippen LogP contribution in [0.15, 0.2) is 36.4 Å². The Morgan fingerprint density at radius 2 is 1.82 bits per heavy atom. The van der Waals surface area contributed by atoms with Crippen LogP contribution in [0.25, 0.3) is 0 Å². The topological polar surface area (TPSA) is 73.6 Å². The van der Waals surface area contributed by atoms with E-state index in [1.807, 2.05) is 0 Å². The number of nitro benzene ring substituents is 1. The van der Waals surface area contributed by atoms with E-state index in [0.717, 1.165) is 0 Å². The third-order valence-electron chi connectivity index (χ3n) is 2.90. The zero-order chi connectivity index (χ0) is 16.1. The highest BCUT2D eigenvalue weighted by molar-refractivity contribution is 5.66. The number of anilines is 2. The van der Waals surface area contributed by atoms with E-state index in [2.05, 4.69) is 5.32 Å². The van der Waals surface area contributed by atoms with Crippen LogP contribution in [-0.4, -0.2) is 18.6 Å². The number of ether oxygens (including phenoxy) is 2. The molecule has 0 bridgehead atoms. The van der Waals surface area contributed by atoms with Crippen LogP contribution in [0.4, 0.5) is 21.5 Å². The summed E-state index contributed by atoms with van der Waals surface area (Å²) >= 11 is 0. The Morgan fingerprint density at radius 1 is 1.18 bits per heavy atom. The van der Waals surface area contributed by atoms with Gasteiger partial charge in [0.15, 0.2) is 17.3 Å². The fourth-order valence-corrected chi connectivity index (χ4v) is 1.92. The maximum atomic E-state index is 13.4. The molecule has 0 aliphatic heterocycles. The van der Waals surface area contributed by atoms with E-state index in [1.165, 1.54) is 31.4 Å². The number of hydrogen-bond acceptors (Lipinski definition) is 5. The summed E-state index contributed by atoms with van der Waals surface area (Å²) in [6.07, 6.45) is 0. The van der Waals surface area contributed by atoms with Crippen molar-refractivity contribution in [1.29, 1.82) is 0 Å². The third kappa shape index (κ3) is 3.43. The van der Waals surface area contributed by atoms with Crippen molar-refractivity contribution in [2.75, 3.05) is 19.0 Å². The molecule has 1 N–H and O–H groups in total. The summed E-state index contributed by atoms with van der Waals surface area (Å²) < 4.78 is 23.5. The van der Waals surface area contributed by atoms with Crippen LogP contribution >= 0.6 is 0 Å². The maximum Gasteiger partial charge on any atom is 0.311 e. The molecular formula is C15H15FN2O4. The van der Waals surface area contributed by atoms with Gasteiger partial charge in [0.05, 0.1) is 18.6 Å². The summed E-state index contributed by atoms with van der Waals surface area (Å²) in [6, 6.07) is 8.74. The predicted octanol–water partition coefficient (Wildman–Crippen LogP) is 3.88. The van der Waals surface area contributed by atoms with E-state index < -0.39 is 10.7 Å². The van der Waals surface area contributed by atoms with E-state index in [-0.39, 0.29) is 17.2 Å². The van der Waals surface area contributed by atoms with E-state index >= 15 is 0 Å². The van der Waals surface area contributed by atoms with Crippen molar-refractivity contribution in [2.45, 2.75) is 6.92 Å². The molecular weight excluding hydrogens is 291 g/mol. The predicted molar refractivity (Wildman–Crippen MR) is 80.5 cm³/mol. The summed E-state index contributed by atoms with van der Waals surface area (Å²) in [4.78, 5) is 10.4. The van der Waals surface area contributed by atoms with Gasteiger partial charge in [0.25, 0.3) is 0 Å². The largest absolute Gasteiger partial charge is 0.494 e. The number of nitrogens with zero attached hydrogens (tertiary/aromatic N) is 1. The number of methoxy groups -OCH3 is 1. The number of benzene rings is 2. The first-order chi connectivity index (χ1) is 10.5. The van der Waals surface area contributed by atoms with Crippen LogP contribution < -0.4 is 14.8 Å². The molecule has 0 fully saturated rings. The molecule has 2 rings (SSSR count). The van der Waals surface area contributed by atoms with Gasteiger partial charge >= 0.3 is 5.69 Å². The highest BCUT2D eigenvalue weighted by atomic mass is 19.1. The molecule has 116 valence electrons. The van der Waals surface area contributed by atoms with Crippen LogP contribution in [0.5, 0.6) is 11.5 Å². The van der Waals surface area contributed by atoms with Crippen molar-refractivity contribution in [2.24, 2.45) is 0 Å². The molecule has 0 saturated heterocycles. The van der Waals surface area contributed by atoms with E-state index in [0.29, 0.717) is 18.0 Å². The fourth-order valence-electron chi connectivity index (χ4n) is 1.92. The average Bonchev–Trinajstić information content (AvgIpc) is 2.49. The smallest absolute Gasteiger partial charge is 0.311 e. The summed E-state index contributed by atoms with van der Waals surface area (Å²) in [7, 11) is 1.38. The van der Waals surface area contributed by atoms with Crippen molar-refractivity contribution in [3.05, 3.63) is 52.3 Å². The number of halogens is 1. The summed E-state index contributed by atoms with van der Waals surface area (Å²) in [6.45, 7) is 2.06. The number of nitro groups is 1. The van der Waals surface area contributed by atoms with Gasteiger partial charge in [0, 0.05) is 29.6 Å². The van der Waals surface area contributed by atoms with Crippen molar-refractivity contribution in [3.63, 3.8) is 0 Å². The molecule has 22 heavy (non-hydrogen) atoms. The first kappa shape index (κ1) is 15.6. The zero-order valence-corrected chi connectivity index (χ0v) is 12.1. The third-order valence-corrected chi connectivity index (χ3v) is 2.90. The van der Waals surface area contributed by atoms with Crippen LogP contribution in [0.1, 0.15) is 6.92 Å². The highest BCUT2D eigenvalue weighted by Crippen LogP contribution is 2.32. The van der Waals surface area contributed by atoms with Gasteiger partial charge in [0.1, 0.15) is 0 Å². The van der Waals surface area contributed by atoms with E-state index in [1.54, 1.807) is 19.1 Å². The Morgan fingerprint density at radius 3 is 2.41 bits per heavy atom. The molecule has 7 heteroatoms. The van der Waals surface area contributed by atoms with E-state index in [9.17, 15) is 14.5 Å². The van der Waals surface area contributed by atoms with Gasteiger partial charge in [-0.25, -0.2) is 4.39 Å². The number of nitrogens with one attached hydrogen (secondary N) is 1. The van der Waals surface area contributed by atoms with Crippen molar-refractivity contribution < 1.29 is 18.8 Å². The quantitative estimate of drug-likeness (QED) is 0.647. The van der Waals surface area contributed by atoms with Gasteiger partial charge < -0.3 is 14.8 Å². The Hall–Kier alpha value is -2.83.